The highest BCUT2D eigenvalue weighted by molar-refractivity contribution is 4.65. The summed E-state index contributed by atoms with van der Waals surface area (Å²) in [6.07, 6.45) is 21.2. The molecule has 12 fully saturated rings. The molecule has 0 N–H and O–H groups in total. The van der Waals surface area contributed by atoms with Crippen molar-refractivity contribution < 1.29 is 4.74 Å². The van der Waals surface area contributed by atoms with Crippen LogP contribution in [0.15, 0.2) is 0 Å². The van der Waals surface area contributed by atoms with E-state index in [1.807, 2.05) is 7.05 Å². The molecule has 0 amide bonds. The topological polar surface area (TPSA) is 48.1 Å². The molecule has 0 atom stereocenters. The maximum atomic E-state index is 4.98. The Bertz CT molecular complexity index is 760. The first kappa shape index (κ1) is 62.5. The van der Waals surface area contributed by atoms with Crippen molar-refractivity contribution in [1.29, 1.82) is 0 Å². The molecular weight excluding hydrogens is 809 g/mol. The van der Waals surface area contributed by atoms with Crippen LogP contribution in [0, 0.1) is 0 Å². The van der Waals surface area contributed by atoms with Gasteiger partial charge in [-0.25, -0.2) is 0 Å². The van der Waals surface area contributed by atoms with Crippen LogP contribution in [0.5, 0.6) is 0 Å². The van der Waals surface area contributed by atoms with E-state index in [0.717, 1.165) is 19.9 Å². The van der Waals surface area contributed by atoms with Crippen LogP contribution in [0.1, 0.15) is 96.3 Å². The predicted molar refractivity (Wildman–Crippen MR) is 285 cm³/mol. The van der Waals surface area contributed by atoms with Crippen molar-refractivity contribution in [2.45, 2.75) is 96.3 Å². The highest BCUT2D eigenvalue weighted by atomic mass is 16.5. The van der Waals surface area contributed by atoms with Crippen LogP contribution >= 0.6 is 0 Å². The fourth-order valence-electron chi connectivity index (χ4n) is 7.33. The standard InChI is InChI=1S/4C5H11N.C4H9NO.7C4H9N/c4*1-6-4-2-3-5-6;1-5-2-3-6-4-5;7*1-5-3-2-4-5/h4*2-5H2,1H3;2-4H2,1H3;7*2-4H2,1H3. The molecule has 0 aliphatic carbocycles. The van der Waals surface area contributed by atoms with E-state index in [1.54, 1.807) is 0 Å². The van der Waals surface area contributed by atoms with Crippen molar-refractivity contribution in [1.82, 2.24) is 58.8 Å². The van der Waals surface area contributed by atoms with Crippen molar-refractivity contribution in [2.75, 3.05) is 248 Å². The van der Waals surface area contributed by atoms with Gasteiger partial charge >= 0.3 is 0 Å². The molecule has 13 nitrogen and oxygen atoms in total. The second-order valence-electron chi connectivity index (χ2n) is 21.3. The van der Waals surface area contributed by atoms with Gasteiger partial charge < -0.3 is 58.6 Å². The highest BCUT2D eigenvalue weighted by Crippen LogP contribution is 2.05. The Morgan fingerprint density at radius 2 is 0.308 bits per heavy atom. The number of rotatable bonds is 0. The van der Waals surface area contributed by atoms with Crippen molar-refractivity contribution in [3.8, 4) is 0 Å². The molecule has 390 valence electrons. The fraction of sp³-hybridized carbons (Fsp3) is 1.00. The van der Waals surface area contributed by atoms with E-state index in [1.165, 1.54) is 240 Å². The molecule has 12 saturated heterocycles. The third-order valence-electron chi connectivity index (χ3n) is 13.8. The summed E-state index contributed by atoms with van der Waals surface area (Å²) < 4.78 is 4.98. The Balaban J connectivity index is 0.000000355. The van der Waals surface area contributed by atoms with Gasteiger partial charge in [0.1, 0.15) is 0 Å². The average molecular weight is 926 g/mol. The van der Waals surface area contributed by atoms with Crippen molar-refractivity contribution >= 4 is 0 Å². The van der Waals surface area contributed by atoms with Gasteiger partial charge in [0.05, 0.1) is 13.3 Å². The van der Waals surface area contributed by atoms with Crippen LogP contribution in [0.25, 0.3) is 0 Å². The summed E-state index contributed by atoms with van der Waals surface area (Å²) in [4.78, 5) is 27.7. The Labute approximate surface area is 407 Å². The van der Waals surface area contributed by atoms with Gasteiger partial charge in [0.25, 0.3) is 0 Å². The predicted octanol–water partition coefficient (Wildman–Crippen LogP) is 5.01. The second-order valence-corrected chi connectivity index (χ2v) is 21.3. The number of hydrogen-bond donors (Lipinski definition) is 0. The van der Waals surface area contributed by atoms with Gasteiger partial charge in [-0.05, 0) is 325 Å². The molecule has 0 bridgehead atoms. The average Bonchev–Trinajstić information content (AvgIpc) is 4.10. The first-order valence-corrected chi connectivity index (χ1v) is 27.0. The number of nitrogens with zero attached hydrogens (tertiary/aromatic N) is 12. The Hall–Kier alpha value is -0.520. The molecule has 0 radical (unpaired) electrons. The van der Waals surface area contributed by atoms with Gasteiger partial charge in [0, 0.05) is 6.54 Å². The molecule has 12 heterocycles. The van der Waals surface area contributed by atoms with E-state index in [9.17, 15) is 0 Å². The summed E-state index contributed by atoms with van der Waals surface area (Å²) in [6.45, 7) is 31.9. The minimum atomic E-state index is 0.819. The molecule has 12 aliphatic rings. The zero-order valence-electron chi connectivity index (χ0n) is 46.1. The van der Waals surface area contributed by atoms with Gasteiger partial charge in [-0.3, -0.25) is 4.90 Å². The molecule has 0 aromatic rings. The quantitative estimate of drug-likeness (QED) is 0.328. The summed E-state index contributed by atoms with van der Waals surface area (Å²) in [5.41, 5.74) is 0. The largest absolute Gasteiger partial charge is 0.365 e. The van der Waals surface area contributed by atoms with Gasteiger partial charge in [0.15, 0.2) is 0 Å². The Morgan fingerprint density at radius 1 is 0.169 bits per heavy atom. The van der Waals surface area contributed by atoms with E-state index < -0.39 is 0 Å². The van der Waals surface area contributed by atoms with Crippen LogP contribution in [0.4, 0.5) is 0 Å². The van der Waals surface area contributed by atoms with Crippen molar-refractivity contribution in [3.63, 3.8) is 0 Å². The van der Waals surface area contributed by atoms with Gasteiger partial charge in [-0.15, -0.1) is 0 Å². The minimum Gasteiger partial charge on any atom is -0.365 e. The van der Waals surface area contributed by atoms with E-state index >= 15 is 0 Å². The van der Waals surface area contributed by atoms with Crippen LogP contribution in [0.2, 0.25) is 0 Å². The van der Waals surface area contributed by atoms with Crippen LogP contribution < -0.4 is 0 Å². The first-order valence-electron chi connectivity index (χ1n) is 27.0. The summed E-state index contributed by atoms with van der Waals surface area (Å²) in [7, 11) is 25.7. The van der Waals surface area contributed by atoms with E-state index in [-0.39, 0.29) is 0 Å². The molecule has 0 aromatic carbocycles. The van der Waals surface area contributed by atoms with E-state index in [2.05, 4.69) is 136 Å². The van der Waals surface area contributed by atoms with Gasteiger partial charge in [-0.2, -0.15) is 0 Å². The minimum absolute atomic E-state index is 0.819. The lowest BCUT2D eigenvalue weighted by molar-refractivity contribution is 0.154. The van der Waals surface area contributed by atoms with Crippen molar-refractivity contribution in [3.05, 3.63) is 0 Å². The molecule has 0 spiro atoms. The molecular formula is C52H116N12O. The third kappa shape index (κ3) is 41.0. The van der Waals surface area contributed by atoms with Crippen LogP contribution in [-0.4, -0.2) is 307 Å². The SMILES string of the molecule is CN1CCC1.CN1CCC1.CN1CCC1.CN1CCC1.CN1CCC1.CN1CCC1.CN1CCC1.CN1CCCC1.CN1CCCC1.CN1CCCC1.CN1CCCC1.CN1CCOC1. The number of hydrogen-bond acceptors (Lipinski definition) is 13. The first-order chi connectivity index (χ1) is 31.2. The van der Waals surface area contributed by atoms with E-state index in [4.69, 9.17) is 4.74 Å². The van der Waals surface area contributed by atoms with Gasteiger partial charge in [0.2, 0.25) is 0 Å². The lowest BCUT2D eigenvalue weighted by Crippen LogP contribution is -2.32. The monoisotopic (exact) mass is 925 g/mol. The fourth-order valence-corrected chi connectivity index (χ4v) is 7.33. The molecule has 13 heteroatoms. The van der Waals surface area contributed by atoms with E-state index in [0.29, 0.717) is 0 Å². The van der Waals surface area contributed by atoms with Crippen LogP contribution in [-0.2, 0) is 4.74 Å². The number of ether oxygens (including phenoxy) is 1. The van der Waals surface area contributed by atoms with Crippen LogP contribution in [0.3, 0.4) is 0 Å². The summed E-state index contributed by atoms with van der Waals surface area (Å²) in [5, 5.41) is 0. The smallest absolute Gasteiger partial charge is 0.0989 e. The third-order valence-corrected chi connectivity index (χ3v) is 13.8. The lowest BCUT2D eigenvalue weighted by Gasteiger charge is -2.24. The zero-order valence-corrected chi connectivity index (χ0v) is 46.1. The maximum Gasteiger partial charge on any atom is 0.0989 e. The van der Waals surface area contributed by atoms with Crippen molar-refractivity contribution in [2.24, 2.45) is 0 Å². The maximum absolute atomic E-state index is 4.98. The molecule has 12 rings (SSSR count). The number of likely N-dealkylation sites (N-methyl/N-ethyl adjacent to an activating group) is 1. The molecule has 12 aliphatic heterocycles. The lowest BCUT2D eigenvalue weighted by atomic mass is 10.2. The molecule has 0 unspecified atom stereocenters. The molecule has 65 heavy (non-hydrogen) atoms. The molecule has 0 saturated carbocycles. The van der Waals surface area contributed by atoms with Gasteiger partial charge in [-0.1, -0.05) is 0 Å². The second kappa shape index (κ2) is 42.4. The Kier molecular flexibility index (Phi) is 40.7. The molecule has 0 aromatic heterocycles. The zero-order chi connectivity index (χ0) is 47.9. The normalized spacial score (nSPS) is 25.7. The summed E-state index contributed by atoms with van der Waals surface area (Å²) in [5.74, 6) is 0. The number of likely N-dealkylation sites (tertiary alicyclic amines) is 11. The summed E-state index contributed by atoms with van der Waals surface area (Å²) >= 11 is 0. The summed E-state index contributed by atoms with van der Waals surface area (Å²) in [6, 6.07) is 0. The highest BCUT2D eigenvalue weighted by Gasteiger charge is 2.09. The Morgan fingerprint density at radius 3 is 0.338 bits per heavy atom.